The maximum absolute atomic E-state index is 14.1. The Morgan fingerprint density at radius 3 is 2.45 bits per heavy atom. The maximum atomic E-state index is 14.1. The van der Waals surface area contributed by atoms with E-state index in [9.17, 15) is 8.78 Å². The summed E-state index contributed by atoms with van der Waals surface area (Å²) < 4.78 is 28.2. The third-order valence-electron chi connectivity index (χ3n) is 3.33. The number of halogens is 3. The van der Waals surface area contributed by atoms with Crippen LogP contribution in [0.3, 0.4) is 0 Å². The molecule has 0 amide bonds. The van der Waals surface area contributed by atoms with Crippen molar-refractivity contribution in [1.29, 1.82) is 0 Å². The first kappa shape index (κ1) is 15.0. The summed E-state index contributed by atoms with van der Waals surface area (Å²) in [4.78, 5) is 1.96. The van der Waals surface area contributed by atoms with Crippen LogP contribution in [0, 0.1) is 18.6 Å². The zero-order valence-corrected chi connectivity index (χ0v) is 13.0. The zero-order valence-electron chi connectivity index (χ0n) is 11.5. The van der Waals surface area contributed by atoms with E-state index in [4.69, 9.17) is 0 Å². The molecule has 0 aliphatic rings. The molecule has 0 fully saturated rings. The van der Waals surface area contributed by atoms with E-state index in [1.54, 1.807) is 0 Å². The summed E-state index contributed by atoms with van der Waals surface area (Å²) in [7, 11) is 0. The highest BCUT2D eigenvalue weighted by Gasteiger charge is 2.16. The van der Waals surface area contributed by atoms with E-state index in [2.05, 4.69) is 15.9 Å². The fraction of sp³-hybridized carbons (Fsp3) is 0.250. The second kappa shape index (κ2) is 6.35. The molecular formula is C16H16BrF2N. The molecule has 0 aromatic heterocycles. The Morgan fingerprint density at radius 1 is 1.10 bits per heavy atom. The van der Waals surface area contributed by atoms with Gasteiger partial charge in [0.25, 0.3) is 0 Å². The molecule has 0 unspecified atom stereocenters. The van der Waals surface area contributed by atoms with Gasteiger partial charge in [-0.05, 0) is 53.5 Å². The Kier molecular flexibility index (Phi) is 4.76. The number of hydrogen-bond donors (Lipinski definition) is 0. The summed E-state index contributed by atoms with van der Waals surface area (Å²) in [6, 6.07) is 10.5. The van der Waals surface area contributed by atoms with E-state index in [-0.39, 0.29) is 16.6 Å². The summed E-state index contributed by atoms with van der Waals surface area (Å²) in [5, 5.41) is 0. The lowest BCUT2D eigenvalue weighted by molar-refractivity contribution is 0.547. The number of anilines is 1. The molecule has 0 aliphatic carbocycles. The van der Waals surface area contributed by atoms with Crippen molar-refractivity contribution in [2.75, 3.05) is 11.4 Å². The predicted molar refractivity (Wildman–Crippen MR) is 82.0 cm³/mol. The van der Waals surface area contributed by atoms with Crippen LogP contribution in [0.2, 0.25) is 0 Å². The second-order valence-corrected chi connectivity index (χ2v) is 5.48. The van der Waals surface area contributed by atoms with Gasteiger partial charge in [0.1, 0.15) is 11.6 Å². The van der Waals surface area contributed by atoms with Gasteiger partial charge in [0, 0.05) is 24.3 Å². The van der Waals surface area contributed by atoms with Crippen molar-refractivity contribution in [2.45, 2.75) is 20.4 Å². The van der Waals surface area contributed by atoms with Gasteiger partial charge < -0.3 is 4.90 Å². The Morgan fingerprint density at radius 2 is 1.80 bits per heavy atom. The number of benzene rings is 2. The standard InChI is InChI=1S/C16H16BrF2N/c1-3-20(15-7-5-4-6-11(15)2)10-12-14(18)9-8-13(17)16(12)19/h4-9H,3,10H2,1-2H3. The Bertz CT molecular complexity index is 613. The lowest BCUT2D eigenvalue weighted by Crippen LogP contribution is -2.24. The molecule has 2 rings (SSSR count). The molecule has 0 spiro atoms. The average molecular weight is 340 g/mol. The molecule has 20 heavy (non-hydrogen) atoms. The average Bonchev–Trinajstić information content (AvgIpc) is 2.45. The van der Waals surface area contributed by atoms with Crippen LogP contribution in [0.25, 0.3) is 0 Å². The molecule has 0 atom stereocenters. The molecule has 0 bridgehead atoms. The van der Waals surface area contributed by atoms with Crippen molar-refractivity contribution in [3.8, 4) is 0 Å². The quantitative estimate of drug-likeness (QED) is 0.703. The Balaban J connectivity index is 2.37. The Hall–Kier alpha value is -1.42. The van der Waals surface area contributed by atoms with Crippen molar-refractivity contribution < 1.29 is 8.78 Å². The van der Waals surface area contributed by atoms with Crippen LogP contribution in [0.15, 0.2) is 40.9 Å². The van der Waals surface area contributed by atoms with Crippen LogP contribution < -0.4 is 4.90 Å². The Labute approximate surface area is 126 Å². The van der Waals surface area contributed by atoms with E-state index in [0.717, 1.165) is 11.3 Å². The van der Waals surface area contributed by atoms with Crippen LogP contribution in [-0.2, 0) is 6.54 Å². The van der Waals surface area contributed by atoms with Crippen LogP contribution in [0.4, 0.5) is 14.5 Å². The van der Waals surface area contributed by atoms with Crippen LogP contribution in [0.1, 0.15) is 18.1 Å². The van der Waals surface area contributed by atoms with Gasteiger partial charge in [-0.1, -0.05) is 18.2 Å². The number of para-hydroxylation sites is 1. The summed E-state index contributed by atoms with van der Waals surface area (Å²) in [5.74, 6) is -1.05. The minimum atomic E-state index is -0.531. The van der Waals surface area contributed by atoms with E-state index in [1.165, 1.54) is 12.1 Å². The largest absolute Gasteiger partial charge is 0.367 e. The van der Waals surface area contributed by atoms with Crippen LogP contribution >= 0.6 is 15.9 Å². The highest BCUT2D eigenvalue weighted by Crippen LogP contribution is 2.26. The van der Waals surface area contributed by atoms with Gasteiger partial charge in [-0.25, -0.2) is 8.78 Å². The normalized spacial score (nSPS) is 10.7. The topological polar surface area (TPSA) is 3.24 Å². The van der Waals surface area contributed by atoms with Gasteiger partial charge >= 0.3 is 0 Å². The molecule has 0 heterocycles. The van der Waals surface area contributed by atoms with Gasteiger partial charge in [-0.2, -0.15) is 0 Å². The minimum Gasteiger partial charge on any atom is -0.367 e. The van der Waals surface area contributed by atoms with E-state index >= 15 is 0 Å². The smallest absolute Gasteiger partial charge is 0.145 e. The monoisotopic (exact) mass is 339 g/mol. The number of nitrogens with zero attached hydrogens (tertiary/aromatic N) is 1. The third kappa shape index (κ3) is 3.01. The first-order valence-electron chi connectivity index (χ1n) is 6.47. The first-order chi connectivity index (χ1) is 9.54. The van der Waals surface area contributed by atoms with E-state index in [1.807, 2.05) is 43.0 Å². The van der Waals surface area contributed by atoms with Gasteiger partial charge in [0.2, 0.25) is 0 Å². The first-order valence-corrected chi connectivity index (χ1v) is 7.26. The molecule has 0 saturated heterocycles. The predicted octanol–water partition coefficient (Wildman–Crippen LogP) is 5.06. The van der Waals surface area contributed by atoms with Gasteiger partial charge in [0.15, 0.2) is 0 Å². The summed E-state index contributed by atoms with van der Waals surface area (Å²) in [6.07, 6.45) is 0. The molecule has 1 nitrogen and oxygen atoms in total. The van der Waals surface area contributed by atoms with E-state index in [0.29, 0.717) is 6.54 Å². The zero-order chi connectivity index (χ0) is 14.7. The van der Waals surface area contributed by atoms with Crippen LogP contribution in [0.5, 0.6) is 0 Å². The van der Waals surface area contributed by atoms with Crippen molar-refractivity contribution >= 4 is 21.6 Å². The van der Waals surface area contributed by atoms with Gasteiger partial charge in [-0.3, -0.25) is 0 Å². The van der Waals surface area contributed by atoms with E-state index < -0.39 is 11.6 Å². The SMILES string of the molecule is CCN(Cc1c(F)ccc(Br)c1F)c1ccccc1C. The molecule has 0 saturated carbocycles. The lowest BCUT2D eigenvalue weighted by atomic mass is 10.1. The molecule has 0 aliphatic heterocycles. The molecule has 4 heteroatoms. The van der Waals surface area contributed by atoms with Crippen molar-refractivity contribution in [2.24, 2.45) is 0 Å². The third-order valence-corrected chi connectivity index (χ3v) is 3.94. The number of hydrogen-bond acceptors (Lipinski definition) is 1. The molecule has 0 N–H and O–H groups in total. The summed E-state index contributed by atoms with van der Waals surface area (Å²) >= 11 is 3.10. The highest BCUT2D eigenvalue weighted by atomic mass is 79.9. The van der Waals surface area contributed by atoms with Gasteiger partial charge in [0.05, 0.1) is 4.47 Å². The van der Waals surface area contributed by atoms with Crippen molar-refractivity contribution in [1.82, 2.24) is 0 Å². The number of aryl methyl sites for hydroxylation is 1. The summed E-state index contributed by atoms with van der Waals surface area (Å²) in [6.45, 7) is 4.85. The number of rotatable bonds is 4. The molecule has 2 aromatic carbocycles. The van der Waals surface area contributed by atoms with Crippen molar-refractivity contribution in [3.63, 3.8) is 0 Å². The molecule has 0 radical (unpaired) electrons. The molecule has 106 valence electrons. The minimum absolute atomic E-state index is 0.0875. The maximum Gasteiger partial charge on any atom is 0.145 e. The molecular weight excluding hydrogens is 324 g/mol. The van der Waals surface area contributed by atoms with Crippen LogP contribution in [-0.4, -0.2) is 6.54 Å². The van der Waals surface area contributed by atoms with Crippen molar-refractivity contribution in [3.05, 3.63) is 63.6 Å². The molecule has 2 aromatic rings. The second-order valence-electron chi connectivity index (χ2n) is 4.62. The fourth-order valence-corrected chi connectivity index (χ4v) is 2.56. The fourth-order valence-electron chi connectivity index (χ4n) is 2.19. The summed E-state index contributed by atoms with van der Waals surface area (Å²) in [5.41, 5.74) is 2.17. The van der Waals surface area contributed by atoms with Gasteiger partial charge in [-0.15, -0.1) is 0 Å². The lowest BCUT2D eigenvalue weighted by Gasteiger charge is -2.25. The highest BCUT2D eigenvalue weighted by molar-refractivity contribution is 9.10.